The zero-order valence-corrected chi connectivity index (χ0v) is 9.47. The lowest BCUT2D eigenvalue weighted by Gasteiger charge is -2.13. The molecule has 2 N–H and O–H groups in total. The molecule has 0 aliphatic rings. The van der Waals surface area contributed by atoms with Gasteiger partial charge in [-0.05, 0) is 5.92 Å². The van der Waals surface area contributed by atoms with Crippen LogP contribution in [0.5, 0.6) is 0 Å². The zero-order chi connectivity index (χ0) is 11.4. The van der Waals surface area contributed by atoms with Crippen LogP contribution in [-0.4, -0.2) is 26.8 Å². The number of aryl methyl sites for hydroxylation is 1. The van der Waals surface area contributed by atoms with Crippen LogP contribution in [0.3, 0.4) is 0 Å². The fraction of sp³-hybridized carbons (Fsp3) is 0.700. The molecular weight excluding hydrogens is 192 g/mol. The first-order valence-corrected chi connectivity index (χ1v) is 5.11. The molecule has 0 amide bonds. The van der Waals surface area contributed by atoms with Crippen LogP contribution in [0.4, 0.5) is 0 Å². The number of hydrogen-bond donors (Lipinski definition) is 1. The molecule has 0 radical (unpaired) electrons. The van der Waals surface area contributed by atoms with E-state index in [0.717, 1.165) is 0 Å². The van der Waals surface area contributed by atoms with Crippen molar-refractivity contribution in [3.8, 4) is 0 Å². The van der Waals surface area contributed by atoms with Crippen molar-refractivity contribution in [2.75, 3.05) is 0 Å². The van der Waals surface area contributed by atoms with E-state index in [1.54, 1.807) is 17.9 Å². The normalized spacial score (nSPS) is 13.1. The van der Waals surface area contributed by atoms with Crippen LogP contribution in [0.25, 0.3) is 0 Å². The SMILES string of the molecule is CC(C)C(N)CC(=O)Cc1cn(C)nn1. The average Bonchev–Trinajstić information content (AvgIpc) is 2.50. The van der Waals surface area contributed by atoms with Crippen LogP contribution in [0.2, 0.25) is 0 Å². The minimum atomic E-state index is -0.0610. The van der Waals surface area contributed by atoms with Crippen molar-refractivity contribution >= 4 is 5.78 Å². The maximum Gasteiger partial charge on any atom is 0.140 e. The minimum Gasteiger partial charge on any atom is -0.327 e. The molecule has 1 unspecified atom stereocenters. The van der Waals surface area contributed by atoms with Crippen molar-refractivity contribution in [2.45, 2.75) is 32.7 Å². The van der Waals surface area contributed by atoms with E-state index in [0.29, 0.717) is 24.5 Å². The van der Waals surface area contributed by atoms with Crippen LogP contribution in [0, 0.1) is 5.92 Å². The molecule has 0 aliphatic heterocycles. The van der Waals surface area contributed by atoms with Gasteiger partial charge in [0.2, 0.25) is 0 Å². The van der Waals surface area contributed by atoms with Crippen LogP contribution in [-0.2, 0) is 18.3 Å². The van der Waals surface area contributed by atoms with Gasteiger partial charge in [-0.25, -0.2) is 0 Å². The molecule has 0 aliphatic carbocycles. The maximum absolute atomic E-state index is 11.6. The Morgan fingerprint density at radius 2 is 2.27 bits per heavy atom. The van der Waals surface area contributed by atoms with Gasteiger partial charge in [0.05, 0.1) is 12.1 Å². The second-order valence-corrected chi connectivity index (χ2v) is 4.21. The zero-order valence-electron chi connectivity index (χ0n) is 9.47. The van der Waals surface area contributed by atoms with Gasteiger partial charge in [0, 0.05) is 25.7 Å². The van der Waals surface area contributed by atoms with Crippen molar-refractivity contribution in [3.63, 3.8) is 0 Å². The first kappa shape index (κ1) is 11.8. The van der Waals surface area contributed by atoms with Gasteiger partial charge in [-0.2, -0.15) is 0 Å². The predicted octanol–water partition coefficient (Wildman–Crippen LogP) is 0.300. The molecule has 5 heteroatoms. The van der Waals surface area contributed by atoms with Crippen molar-refractivity contribution in [1.29, 1.82) is 0 Å². The molecule has 84 valence electrons. The molecule has 0 fully saturated rings. The number of Topliss-reactive ketones (excluding diaryl/α,β-unsaturated/α-hetero) is 1. The molecule has 1 heterocycles. The van der Waals surface area contributed by atoms with Gasteiger partial charge in [0.1, 0.15) is 5.78 Å². The van der Waals surface area contributed by atoms with E-state index in [-0.39, 0.29) is 11.8 Å². The Morgan fingerprint density at radius 1 is 1.60 bits per heavy atom. The molecule has 5 nitrogen and oxygen atoms in total. The van der Waals surface area contributed by atoms with E-state index in [1.165, 1.54) is 0 Å². The topological polar surface area (TPSA) is 73.8 Å². The number of rotatable bonds is 5. The lowest BCUT2D eigenvalue weighted by molar-refractivity contribution is -0.119. The number of ketones is 1. The summed E-state index contributed by atoms with van der Waals surface area (Å²) in [7, 11) is 1.78. The number of carbonyl (C=O) groups is 1. The van der Waals surface area contributed by atoms with Gasteiger partial charge in [-0.1, -0.05) is 19.1 Å². The van der Waals surface area contributed by atoms with E-state index < -0.39 is 0 Å². The monoisotopic (exact) mass is 210 g/mol. The van der Waals surface area contributed by atoms with E-state index in [9.17, 15) is 4.79 Å². The lowest BCUT2D eigenvalue weighted by atomic mass is 9.98. The number of carbonyl (C=O) groups excluding carboxylic acids is 1. The number of aromatic nitrogens is 3. The quantitative estimate of drug-likeness (QED) is 0.758. The van der Waals surface area contributed by atoms with Crippen molar-refractivity contribution in [2.24, 2.45) is 18.7 Å². The van der Waals surface area contributed by atoms with E-state index in [4.69, 9.17) is 5.73 Å². The molecule has 1 rings (SSSR count). The summed E-state index contributed by atoms with van der Waals surface area (Å²) < 4.78 is 1.59. The molecule has 0 spiro atoms. The molecular formula is C10H18N4O. The van der Waals surface area contributed by atoms with Crippen molar-refractivity contribution in [3.05, 3.63) is 11.9 Å². The number of nitrogens with zero attached hydrogens (tertiary/aromatic N) is 3. The summed E-state index contributed by atoms with van der Waals surface area (Å²) in [4.78, 5) is 11.6. The van der Waals surface area contributed by atoms with Crippen LogP contribution < -0.4 is 5.73 Å². The Morgan fingerprint density at radius 3 is 2.73 bits per heavy atom. The molecule has 0 saturated heterocycles. The summed E-state index contributed by atoms with van der Waals surface area (Å²) in [6, 6.07) is -0.0610. The second kappa shape index (κ2) is 5.02. The van der Waals surface area contributed by atoms with Crippen LogP contribution >= 0.6 is 0 Å². The first-order valence-electron chi connectivity index (χ1n) is 5.11. The van der Waals surface area contributed by atoms with E-state index in [2.05, 4.69) is 10.3 Å². The Balaban J connectivity index is 2.43. The second-order valence-electron chi connectivity index (χ2n) is 4.21. The van der Waals surface area contributed by atoms with Crippen LogP contribution in [0.15, 0.2) is 6.20 Å². The highest BCUT2D eigenvalue weighted by atomic mass is 16.1. The first-order chi connectivity index (χ1) is 6.99. The predicted molar refractivity (Wildman–Crippen MR) is 57.1 cm³/mol. The van der Waals surface area contributed by atoms with Gasteiger partial charge in [-0.3, -0.25) is 9.48 Å². The molecule has 15 heavy (non-hydrogen) atoms. The van der Waals surface area contributed by atoms with Gasteiger partial charge in [-0.15, -0.1) is 5.10 Å². The highest BCUT2D eigenvalue weighted by Gasteiger charge is 2.14. The Labute approximate surface area is 89.6 Å². The van der Waals surface area contributed by atoms with Gasteiger partial charge < -0.3 is 5.73 Å². The third-order valence-electron chi connectivity index (χ3n) is 2.35. The highest BCUT2D eigenvalue weighted by molar-refractivity contribution is 5.80. The van der Waals surface area contributed by atoms with Crippen molar-refractivity contribution in [1.82, 2.24) is 15.0 Å². The Kier molecular flexibility index (Phi) is 3.96. The summed E-state index contributed by atoms with van der Waals surface area (Å²) in [5.41, 5.74) is 6.52. The molecule has 1 aromatic heterocycles. The number of nitrogens with two attached hydrogens (primary N) is 1. The standard InChI is InChI=1S/C10H18N4O/c1-7(2)10(11)5-9(15)4-8-6-14(3)13-12-8/h6-7,10H,4-5,11H2,1-3H3. The fourth-order valence-electron chi connectivity index (χ4n) is 1.25. The van der Waals surface area contributed by atoms with Gasteiger partial charge in [0.25, 0.3) is 0 Å². The molecule has 1 atom stereocenters. The number of hydrogen-bond acceptors (Lipinski definition) is 4. The largest absolute Gasteiger partial charge is 0.327 e. The third-order valence-corrected chi connectivity index (χ3v) is 2.35. The summed E-state index contributed by atoms with van der Waals surface area (Å²) >= 11 is 0. The van der Waals surface area contributed by atoms with E-state index >= 15 is 0 Å². The molecule has 0 bridgehead atoms. The Bertz CT molecular complexity index is 332. The van der Waals surface area contributed by atoms with Crippen molar-refractivity contribution < 1.29 is 4.79 Å². The molecule has 1 aromatic rings. The summed E-state index contributed by atoms with van der Waals surface area (Å²) in [6.45, 7) is 4.03. The van der Waals surface area contributed by atoms with Gasteiger partial charge >= 0.3 is 0 Å². The van der Waals surface area contributed by atoms with Gasteiger partial charge in [0.15, 0.2) is 0 Å². The Hall–Kier alpha value is -1.23. The van der Waals surface area contributed by atoms with Crippen LogP contribution in [0.1, 0.15) is 26.0 Å². The fourth-order valence-corrected chi connectivity index (χ4v) is 1.25. The summed E-state index contributed by atoms with van der Waals surface area (Å²) in [6.07, 6.45) is 2.49. The van der Waals surface area contributed by atoms with E-state index in [1.807, 2.05) is 13.8 Å². The highest BCUT2D eigenvalue weighted by Crippen LogP contribution is 2.05. The lowest BCUT2D eigenvalue weighted by Crippen LogP contribution is -2.29. The third kappa shape index (κ3) is 3.79. The molecule has 0 aromatic carbocycles. The molecule has 0 saturated carbocycles. The minimum absolute atomic E-state index is 0.0610. The maximum atomic E-state index is 11.6. The smallest absolute Gasteiger partial charge is 0.140 e. The summed E-state index contributed by atoms with van der Waals surface area (Å²) in [5, 5.41) is 7.63. The average molecular weight is 210 g/mol. The summed E-state index contributed by atoms with van der Waals surface area (Å²) in [5.74, 6) is 0.451.